The third-order valence-electron chi connectivity index (χ3n) is 3.45. The molecule has 21 heavy (non-hydrogen) atoms. The van der Waals surface area contributed by atoms with Gasteiger partial charge in [-0.1, -0.05) is 0 Å². The highest BCUT2D eigenvalue weighted by molar-refractivity contribution is 5.81. The summed E-state index contributed by atoms with van der Waals surface area (Å²) in [5, 5.41) is 9.35. The molecule has 2 aliphatic rings. The van der Waals surface area contributed by atoms with Gasteiger partial charge in [0.25, 0.3) is 0 Å². The lowest BCUT2D eigenvalue weighted by molar-refractivity contribution is -0.154. The van der Waals surface area contributed by atoms with Crippen LogP contribution in [0, 0.1) is 0 Å². The van der Waals surface area contributed by atoms with E-state index in [1.807, 2.05) is 17.2 Å². The van der Waals surface area contributed by atoms with Crippen LogP contribution in [0.2, 0.25) is 0 Å². The first-order chi connectivity index (χ1) is 10.1. The van der Waals surface area contributed by atoms with Gasteiger partial charge in [0.15, 0.2) is 0 Å². The van der Waals surface area contributed by atoms with Gasteiger partial charge in [0.1, 0.15) is 30.9 Å². The number of rotatable bonds is 6. The van der Waals surface area contributed by atoms with Crippen molar-refractivity contribution in [2.75, 3.05) is 19.9 Å². The first-order valence-electron chi connectivity index (χ1n) is 7.05. The largest absolute Gasteiger partial charge is 0.459 e. The van der Waals surface area contributed by atoms with Gasteiger partial charge in [0.05, 0.1) is 19.6 Å². The summed E-state index contributed by atoms with van der Waals surface area (Å²) in [7, 11) is 0. The molecule has 0 aromatic heterocycles. The topological polar surface area (TPSA) is 85.3 Å². The molecule has 2 aliphatic heterocycles. The van der Waals surface area contributed by atoms with Crippen molar-refractivity contribution in [1.29, 1.82) is 0 Å². The summed E-state index contributed by atoms with van der Waals surface area (Å²) < 4.78 is 16.3. The van der Waals surface area contributed by atoms with Gasteiger partial charge in [-0.25, -0.2) is 0 Å². The average molecular weight is 299 g/mol. The summed E-state index contributed by atoms with van der Waals surface area (Å²) in [4.78, 5) is 24.4. The molecular formula is C14H21NO6. The highest BCUT2D eigenvalue weighted by Crippen LogP contribution is 2.27. The van der Waals surface area contributed by atoms with Crippen molar-refractivity contribution in [3.8, 4) is 0 Å². The number of nitrogens with zero attached hydrogens (tertiary/aromatic N) is 1. The molecule has 0 bridgehead atoms. The zero-order valence-corrected chi connectivity index (χ0v) is 12.1. The van der Waals surface area contributed by atoms with Gasteiger partial charge in [-0.15, -0.1) is 0 Å². The summed E-state index contributed by atoms with van der Waals surface area (Å²) in [6, 6.07) is 0. The van der Waals surface area contributed by atoms with Crippen LogP contribution in [0.1, 0.15) is 26.2 Å². The summed E-state index contributed by atoms with van der Waals surface area (Å²) in [6.07, 6.45) is 3.09. The second kappa shape index (κ2) is 7.53. The first-order valence-corrected chi connectivity index (χ1v) is 7.05. The van der Waals surface area contributed by atoms with Crippen LogP contribution in [0.25, 0.3) is 0 Å². The molecule has 0 spiro atoms. The van der Waals surface area contributed by atoms with Crippen LogP contribution in [-0.4, -0.2) is 60.1 Å². The summed E-state index contributed by atoms with van der Waals surface area (Å²) in [6.45, 7) is 2.18. The number of hydrogen-bond donors (Lipinski definition) is 1. The van der Waals surface area contributed by atoms with E-state index >= 15 is 0 Å². The molecule has 1 fully saturated rings. The molecule has 7 heteroatoms. The number of esters is 1. The first kappa shape index (κ1) is 15.9. The fourth-order valence-corrected chi connectivity index (χ4v) is 2.33. The van der Waals surface area contributed by atoms with E-state index in [-0.39, 0.29) is 31.5 Å². The quantitative estimate of drug-likeness (QED) is 0.700. The lowest BCUT2D eigenvalue weighted by atomic mass is 10.1. The maximum atomic E-state index is 11.7. The highest BCUT2D eigenvalue weighted by Gasteiger charge is 2.39. The zero-order valence-electron chi connectivity index (χ0n) is 12.1. The number of carbonyl (C=O) groups excluding carboxylic acids is 2. The fraction of sp³-hybridized carbons (Fsp3) is 0.714. The minimum absolute atomic E-state index is 0.0539. The van der Waals surface area contributed by atoms with Crippen LogP contribution >= 0.6 is 0 Å². The Morgan fingerprint density at radius 2 is 2.24 bits per heavy atom. The molecule has 118 valence electrons. The number of ether oxygens (including phenoxy) is 3. The van der Waals surface area contributed by atoms with Gasteiger partial charge in [-0.2, -0.15) is 0 Å². The second-order valence-electron chi connectivity index (χ2n) is 5.18. The Balaban J connectivity index is 1.86. The molecule has 7 nitrogen and oxygen atoms in total. The number of ketones is 1. The van der Waals surface area contributed by atoms with Gasteiger partial charge < -0.3 is 29.0 Å². The Hall–Kier alpha value is -1.44. The number of aliphatic hydroxyl groups is 1. The van der Waals surface area contributed by atoms with Crippen LogP contribution in [0.4, 0.5) is 0 Å². The van der Waals surface area contributed by atoms with Crippen molar-refractivity contribution in [2.45, 2.75) is 44.6 Å². The monoisotopic (exact) mass is 299 g/mol. The molecule has 0 aliphatic carbocycles. The van der Waals surface area contributed by atoms with Gasteiger partial charge in [0.2, 0.25) is 0 Å². The Kier molecular flexibility index (Phi) is 5.72. The molecule has 0 amide bonds. The van der Waals surface area contributed by atoms with E-state index in [9.17, 15) is 14.7 Å². The molecule has 1 saturated heterocycles. The lowest BCUT2D eigenvalue weighted by Crippen LogP contribution is -2.35. The van der Waals surface area contributed by atoms with E-state index in [2.05, 4.69) is 0 Å². The van der Waals surface area contributed by atoms with E-state index in [0.29, 0.717) is 19.8 Å². The predicted octanol–water partition coefficient (Wildman–Crippen LogP) is 0.178. The molecule has 0 aromatic carbocycles. The SMILES string of the molecule is CC(=O)CCC(=O)O[C@@H]1C[C@H](N2C=CCOC2)O[C@@H]1CO. The van der Waals surface area contributed by atoms with Crippen molar-refractivity contribution >= 4 is 11.8 Å². The van der Waals surface area contributed by atoms with Crippen molar-refractivity contribution in [3.63, 3.8) is 0 Å². The van der Waals surface area contributed by atoms with E-state index in [1.165, 1.54) is 6.92 Å². The third kappa shape index (κ3) is 4.52. The summed E-state index contributed by atoms with van der Waals surface area (Å²) in [5.41, 5.74) is 0. The molecule has 1 N–H and O–H groups in total. The minimum Gasteiger partial charge on any atom is -0.459 e. The van der Waals surface area contributed by atoms with Gasteiger partial charge in [-0.3, -0.25) is 4.79 Å². The molecule has 2 rings (SSSR count). The van der Waals surface area contributed by atoms with Crippen LogP contribution in [0.15, 0.2) is 12.3 Å². The third-order valence-corrected chi connectivity index (χ3v) is 3.45. The molecule has 3 atom stereocenters. The standard InChI is InChI=1S/C14H21NO6/c1-10(17)3-4-14(18)21-11-7-13(20-12(11)8-16)15-5-2-6-19-9-15/h2,5,11-13,16H,3-4,6-9H2,1H3/t11-,12-,13-/m1/s1. The molecule has 0 radical (unpaired) electrons. The number of Topliss-reactive ketones (excluding diaryl/α,β-unsaturated/α-hetero) is 1. The van der Waals surface area contributed by atoms with Crippen LogP contribution in [0.3, 0.4) is 0 Å². The Morgan fingerprint density at radius 3 is 2.86 bits per heavy atom. The lowest BCUT2D eigenvalue weighted by Gasteiger charge is -2.28. The molecule has 0 saturated carbocycles. The van der Waals surface area contributed by atoms with Gasteiger partial charge >= 0.3 is 5.97 Å². The predicted molar refractivity (Wildman–Crippen MR) is 72.0 cm³/mol. The van der Waals surface area contributed by atoms with Crippen molar-refractivity contribution in [1.82, 2.24) is 4.90 Å². The number of aliphatic hydroxyl groups excluding tert-OH is 1. The minimum atomic E-state index is -0.549. The maximum Gasteiger partial charge on any atom is 0.306 e. The Labute approximate surface area is 123 Å². The number of hydrogen-bond acceptors (Lipinski definition) is 7. The Bertz CT molecular complexity index is 410. The fourth-order valence-electron chi connectivity index (χ4n) is 2.33. The van der Waals surface area contributed by atoms with Crippen molar-refractivity contribution in [3.05, 3.63) is 12.3 Å². The van der Waals surface area contributed by atoms with E-state index < -0.39 is 18.2 Å². The molecule has 0 unspecified atom stereocenters. The Morgan fingerprint density at radius 1 is 1.43 bits per heavy atom. The molecule has 0 aromatic rings. The van der Waals surface area contributed by atoms with E-state index in [1.54, 1.807) is 0 Å². The van der Waals surface area contributed by atoms with Gasteiger partial charge in [-0.05, 0) is 13.0 Å². The second-order valence-corrected chi connectivity index (χ2v) is 5.18. The smallest absolute Gasteiger partial charge is 0.306 e. The summed E-state index contributed by atoms with van der Waals surface area (Å²) >= 11 is 0. The van der Waals surface area contributed by atoms with Crippen LogP contribution < -0.4 is 0 Å². The van der Waals surface area contributed by atoms with Gasteiger partial charge in [0, 0.05) is 19.0 Å². The molecular weight excluding hydrogens is 278 g/mol. The van der Waals surface area contributed by atoms with E-state index in [0.717, 1.165) is 0 Å². The van der Waals surface area contributed by atoms with Crippen LogP contribution in [-0.2, 0) is 23.8 Å². The van der Waals surface area contributed by atoms with Crippen molar-refractivity contribution in [2.24, 2.45) is 0 Å². The van der Waals surface area contributed by atoms with Crippen molar-refractivity contribution < 1.29 is 28.9 Å². The highest BCUT2D eigenvalue weighted by atomic mass is 16.6. The zero-order chi connectivity index (χ0) is 15.2. The molecule has 2 heterocycles. The normalized spacial score (nSPS) is 28.7. The summed E-state index contributed by atoms with van der Waals surface area (Å²) in [5.74, 6) is -0.495. The average Bonchev–Trinajstić information content (AvgIpc) is 2.89. The van der Waals surface area contributed by atoms with E-state index in [4.69, 9.17) is 14.2 Å². The maximum absolute atomic E-state index is 11.7. The van der Waals surface area contributed by atoms with Crippen LogP contribution in [0.5, 0.6) is 0 Å². The number of carbonyl (C=O) groups is 2.